The number of benzene rings is 2. The third-order valence-electron chi connectivity index (χ3n) is 5.61. The van der Waals surface area contributed by atoms with Crippen LogP contribution >= 0.6 is 0 Å². The van der Waals surface area contributed by atoms with E-state index in [0.717, 1.165) is 13.0 Å². The minimum Gasteiger partial charge on any atom is -0.493 e. The Morgan fingerprint density at radius 3 is 2.52 bits per heavy atom. The van der Waals surface area contributed by atoms with Crippen molar-refractivity contribution < 1.29 is 18.7 Å². The number of fused-ring (bicyclic) bond motifs is 2. The van der Waals surface area contributed by atoms with E-state index >= 15 is 0 Å². The topological polar surface area (TPSA) is 72.2 Å². The number of carbonyl (C=O) groups is 1. The van der Waals surface area contributed by atoms with E-state index in [0.29, 0.717) is 40.1 Å². The first-order chi connectivity index (χ1) is 15.0. The predicted octanol–water partition coefficient (Wildman–Crippen LogP) is 3.31. The highest BCUT2D eigenvalue weighted by molar-refractivity contribution is 5.99. The van der Waals surface area contributed by atoms with Gasteiger partial charge >= 0.3 is 0 Å². The van der Waals surface area contributed by atoms with Gasteiger partial charge in [-0.25, -0.2) is 0 Å². The summed E-state index contributed by atoms with van der Waals surface area (Å²) in [7, 11) is 7.09. The molecule has 3 aromatic rings. The second-order valence-corrected chi connectivity index (χ2v) is 7.81. The van der Waals surface area contributed by atoms with Gasteiger partial charge in [-0.2, -0.15) is 0 Å². The standard InChI is InChI=1S/C24H26N2O5/c1-25(2)13-8-14-26-20(16-10-7-12-18(29-3)22(16)30-4)19-21(27)15-9-5-6-11-17(15)31-23(19)24(26)28/h5-7,9-12,20H,8,13-14H2,1-4H3/t20-/m0/s1. The molecule has 1 aliphatic rings. The fourth-order valence-corrected chi connectivity index (χ4v) is 4.21. The number of hydrogen-bond donors (Lipinski definition) is 0. The molecule has 162 valence electrons. The number of nitrogens with zero attached hydrogens (tertiary/aromatic N) is 2. The molecule has 2 heterocycles. The second kappa shape index (κ2) is 8.43. The highest BCUT2D eigenvalue weighted by Crippen LogP contribution is 2.44. The van der Waals surface area contributed by atoms with Crippen molar-refractivity contribution in [1.29, 1.82) is 0 Å². The van der Waals surface area contributed by atoms with Crippen molar-refractivity contribution in [3.05, 3.63) is 69.6 Å². The Balaban J connectivity index is 1.93. The van der Waals surface area contributed by atoms with Gasteiger partial charge in [-0.3, -0.25) is 9.59 Å². The van der Waals surface area contributed by atoms with Gasteiger partial charge in [-0.1, -0.05) is 24.3 Å². The number of para-hydroxylation sites is 2. The van der Waals surface area contributed by atoms with Crippen LogP contribution in [0.15, 0.2) is 51.7 Å². The van der Waals surface area contributed by atoms with E-state index in [-0.39, 0.29) is 17.1 Å². The molecule has 0 saturated heterocycles. The molecule has 4 rings (SSSR count). The van der Waals surface area contributed by atoms with Crippen molar-refractivity contribution in [2.24, 2.45) is 0 Å². The zero-order valence-corrected chi connectivity index (χ0v) is 18.2. The van der Waals surface area contributed by atoms with Crippen molar-refractivity contribution in [1.82, 2.24) is 9.80 Å². The van der Waals surface area contributed by atoms with Crippen LogP contribution in [0.25, 0.3) is 11.0 Å². The van der Waals surface area contributed by atoms with Crippen LogP contribution in [0.4, 0.5) is 0 Å². The third kappa shape index (κ3) is 3.55. The maximum atomic E-state index is 13.5. The lowest BCUT2D eigenvalue weighted by atomic mass is 9.97. The molecule has 0 N–H and O–H groups in total. The first-order valence-electron chi connectivity index (χ1n) is 10.2. The van der Waals surface area contributed by atoms with Crippen LogP contribution in [-0.2, 0) is 0 Å². The summed E-state index contributed by atoms with van der Waals surface area (Å²) in [4.78, 5) is 30.7. The Morgan fingerprint density at radius 2 is 1.81 bits per heavy atom. The Hall–Kier alpha value is -3.32. The molecule has 7 heteroatoms. The average molecular weight is 422 g/mol. The fourth-order valence-electron chi connectivity index (χ4n) is 4.21. The summed E-state index contributed by atoms with van der Waals surface area (Å²) in [5.41, 5.74) is 1.25. The van der Waals surface area contributed by atoms with Crippen LogP contribution in [0.1, 0.15) is 34.1 Å². The molecule has 31 heavy (non-hydrogen) atoms. The third-order valence-corrected chi connectivity index (χ3v) is 5.61. The summed E-state index contributed by atoms with van der Waals surface area (Å²) >= 11 is 0. The maximum absolute atomic E-state index is 13.5. The SMILES string of the molecule is COc1cccc([C@H]2c3c(oc4ccccc4c3=O)C(=O)N2CCCN(C)C)c1OC. The van der Waals surface area contributed by atoms with Crippen LogP contribution in [0.2, 0.25) is 0 Å². The number of hydrogen-bond acceptors (Lipinski definition) is 6. The Bertz CT molecular complexity index is 1180. The zero-order chi connectivity index (χ0) is 22.1. The monoisotopic (exact) mass is 422 g/mol. The molecule has 0 bridgehead atoms. The molecular weight excluding hydrogens is 396 g/mol. The first-order valence-corrected chi connectivity index (χ1v) is 10.2. The number of rotatable bonds is 7. The molecule has 0 radical (unpaired) electrons. The number of carbonyl (C=O) groups excluding carboxylic acids is 1. The van der Waals surface area contributed by atoms with Gasteiger partial charge in [0.25, 0.3) is 5.91 Å². The number of methoxy groups -OCH3 is 2. The van der Waals surface area contributed by atoms with Gasteiger partial charge in [-0.05, 0) is 45.3 Å². The predicted molar refractivity (Wildman–Crippen MR) is 118 cm³/mol. The lowest BCUT2D eigenvalue weighted by molar-refractivity contribution is 0.0720. The smallest absolute Gasteiger partial charge is 0.290 e. The summed E-state index contributed by atoms with van der Waals surface area (Å²) in [6, 6.07) is 11.9. The van der Waals surface area contributed by atoms with E-state index in [4.69, 9.17) is 13.9 Å². The highest BCUT2D eigenvalue weighted by Gasteiger charge is 2.43. The first kappa shape index (κ1) is 20.9. The van der Waals surface area contributed by atoms with Gasteiger partial charge in [-0.15, -0.1) is 0 Å². The summed E-state index contributed by atoms with van der Waals surface area (Å²) in [5, 5.41) is 0.455. The van der Waals surface area contributed by atoms with Gasteiger partial charge in [0, 0.05) is 12.1 Å². The maximum Gasteiger partial charge on any atom is 0.290 e. The van der Waals surface area contributed by atoms with E-state index in [1.807, 2.05) is 26.2 Å². The molecule has 1 atom stereocenters. The van der Waals surface area contributed by atoms with Crippen LogP contribution < -0.4 is 14.9 Å². The van der Waals surface area contributed by atoms with Crippen molar-refractivity contribution in [3.8, 4) is 11.5 Å². The lowest BCUT2D eigenvalue weighted by Crippen LogP contribution is -2.32. The fraction of sp³-hybridized carbons (Fsp3) is 0.333. The molecule has 1 aliphatic heterocycles. The number of amides is 1. The minimum atomic E-state index is -0.615. The van der Waals surface area contributed by atoms with Crippen molar-refractivity contribution in [3.63, 3.8) is 0 Å². The second-order valence-electron chi connectivity index (χ2n) is 7.81. The molecule has 7 nitrogen and oxygen atoms in total. The minimum absolute atomic E-state index is 0.100. The molecule has 0 fully saturated rings. The normalized spacial score (nSPS) is 15.6. The van der Waals surface area contributed by atoms with E-state index in [1.54, 1.807) is 49.5 Å². The average Bonchev–Trinajstić information content (AvgIpc) is 3.05. The summed E-state index contributed by atoms with van der Waals surface area (Å²) in [5.74, 6) is 0.857. The van der Waals surface area contributed by atoms with Gasteiger partial charge < -0.3 is 23.7 Å². The van der Waals surface area contributed by atoms with Crippen molar-refractivity contribution in [2.45, 2.75) is 12.5 Å². The molecule has 0 unspecified atom stereocenters. The van der Waals surface area contributed by atoms with Crippen LogP contribution in [-0.4, -0.2) is 57.1 Å². The molecule has 2 aromatic carbocycles. The van der Waals surface area contributed by atoms with E-state index in [2.05, 4.69) is 4.90 Å². The van der Waals surface area contributed by atoms with Gasteiger partial charge in [0.2, 0.25) is 5.76 Å². The molecule has 1 amide bonds. The number of ether oxygens (including phenoxy) is 2. The Labute approximate surface area is 180 Å². The van der Waals surface area contributed by atoms with Crippen LogP contribution in [0.5, 0.6) is 11.5 Å². The van der Waals surface area contributed by atoms with Gasteiger partial charge in [0.05, 0.1) is 31.2 Å². The molecule has 1 aromatic heterocycles. The van der Waals surface area contributed by atoms with Crippen molar-refractivity contribution in [2.75, 3.05) is 41.4 Å². The quantitative estimate of drug-likeness (QED) is 0.582. The Kier molecular flexibility index (Phi) is 5.69. The van der Waals surface area contributed by atoms with Crippen molar-refractivity contribution >= 4 is 16.9 Å². The van der Waals surface area contributed by atoms with Crippen LogP contribution in [0, 0.1) is 0 Å². The van der Waals surface area contributed by atoms with Crippen LogP contribution in [0.3, 0.4) is 0 Å². The molecule has 0 saturated carbocycles. The highest BCUT2D eigenvalue weighted by atomic mass is 16.5. The van der Waals surface area contributed by atoms with Gasteiger partial charge in [0.1, 0.15) is 5.58 Å². The molecule has 0 aliphatic carbocycles. The van der Waals surface area contributed by atoms with E-state index in [1.165, 1.54) is 0 Å². The Morgan fingerprint density at radius 1 is 1.03 bits per heavy atom. The summed E-state index contributed by atoms with van der Waals surface area (Å²) < 4.78 is 17.1. The largest absolute Gasteiger partial charge is 0.493 e. The van der Waals surface area contributed by atoms with E-state index < -0.39 is 6.04 Å². The summed E-state index contributed by atoms with van der Waals surface area (Å²) in [6.07, 6.45) is 0.753. The molecular formula is C24H26N2O5. The zero-order valence-electron chi connectivity index (χ0n) is 18.2. The van der Waals surface area contributed by atoms with Gasteiger partial charge in [0.15, 0.2) is 16.9 Å². The summed E-state index contributed by atoms with van der Waals surface area (Å²) in [6.45, 7) is 1.29. The lowest BCUT2D eigenvalue weighted by Gasteiger charge is -2.27. The van der Waals surface area contributed by atoms with E-state index in [9.17, 15) is 9.59 Å². The molecule has 0 spiro atoms.